The van der Waals surface area contributed by atoms with Crippen molar-refractivity contribution in [3.63, 3.8) is 0 Å². The standard InChI is InChI=1S/C16H17NO7/c1-4-22-16(20)17-15-14(23-9(2)18)12(19)13(24-15)10-7-5-6-8-11(10)21-3/h5-8,19H,4H2,1-3H3,(H,17,20). The second-order valence-corrected chi connectivity index (χ2v) is 4.58. The van der Waals surface area contributed by atoms with Crippen molar-refractivity contribution in [3.05, 3.63) is 24.3 Å². The summed E-state index contributed by atoms with van der Waals surface area (Å²) in [6.07, 6.45) is -0.814. The van der Waals surface area contributed by atoms with Crippen LogP contribution in [0, 0.1) is 0 Å². The molecule has 0 aliphatic heterocycles. The largest absolute Gasteiger partial charge is 0.502 e. The molecule has 128 valence electrons. The first-order valence-electron chi connectivity index (χ1n) is 7.09. The normalized spacial score (nSPS) is 10.1. The monoisotopic (exact) mass is 335 g/mol. The number of methoxy groups -OCH3 is 1. The zero-order valence-electron chi connectivity index (χ0n) is 13.4. The number of ether oxygens (including phenoxy) is 3. The first-order chi connectivity index (χ1) is 11.5. The van der Waals surface area contributed by atoms with Crippen LogP contribution < -0.4 is 14.8 Å². The molecule has 0 atom stereocenters. The zero-order valence-corrected chi connectivity index (χ0v) is 13.4. The Morgan fingerprint density at radius 1 is 1.29 bits per heavy atom. The van der Waals surface area contributed by atoms with Crippen molar-refractivity contribution in [2.45, 2.75) is 13.8 Å². The maximum atomic E-state index is 11.6. The Kier molecular flexibility index (Phi) is 5.31. The van der Waals surface area contributed by atoms with Crippen LogP contribution >= 0.6 is 0 Å². The van der Waals surface area contributed by atoms with Crippen molar-refractivity contribution in [2.24, 2.45) is 0 Å². The number of anilines is 1. The molecule has 24 heavy (non-hydrogen) atoms. The Bertz CT molecular complexity index is 751. The van der Waals surface area contributed by atoms with Gasteiger partial charge in [-0.1, -0.05) is 12.1 Å². The van der Waals surface area contributed by atoms with Crippen LogP contribution in [0.25, 0.3) is 11.3 Å². The van der Waals surface area contributed by atoms with Crippen LogP contribution in [0.15, 0.2) is 28.7 Å². The summed E-state index contributed by atoms with van der Waals surface area (Å²) in [4.78, 5) is 22.8. The number of hydrogen-bond donors (Lipinski definition) is 2. The Balaban J connectivity index is 2.51. The number of aromatic hydroxyl groups is 1. The van der Waals surface area contributed by atoms with Crippen LogP contribution in [0.3, 0.4) is 0 Å². The van der Waals surface area contributed by atoms with E-state index in [0.29, 0.717) is 11.3 Å². The van der Waals surface area contributed by atoms with Crippen molar-refractivity contribution in [2.75, 3.05) is 19.0 Å². The fourth-order valence-corrected chi connectivity index (χ4v) is 2.00. The average Bonchev–Trinajstić information content (AvgIpc) is 2.83. The third-order valence-electron chi connectivity index (χ3n) is 2.93. The van der Waals surface area contributed by atoms with E-state index in [-0.39, 0.29) is 24.0 Å². The molecule has 2 N–H and O–H groups in total. The number of amides is 1. The summed E-state index contributed by atoms with van der Waals surface area (Å²) in [6, 6.07) is 6.77. The molecule has 1 heterocycles. The minimum Gasteiger partial charge on any atom is -0.502 e. The molecule has 1 aromatic heterocycles. The molecule has 0 radical (unpaired) electrons. The first kappa shape index (κ1) is 17.2. The fourth-order valence-electron chi connectivity index (χ4n) is 2.00. The molecule has 0 unspecified atom stereocenters. The molecule has 2 aromatic rings. The number of furan rings is 1. The lowest BCUT2D eigenvalue weighted by molar-refractivity contribution is -0.132. The topological polar surface area (TPSA) is 107 Å². The number of rotatable bonds is 5. The van der Waals surface area contributed by atoms with E-state index in [2.05, 4.69) is 5.32 Å². The lowest BCUT2D eigenvalue weighted by Gasteiger charge is -2.05. The highest BCUT2D eigenvalue weighted by Gasteiger charge is 2.27. The van der Waals surface area contributed by atoms with Crippen LogP contribution in [0.4, 0.5) is 10.7 Å². The highest BCUT2D eigenvalue weighted by molar-refractivity contribution is 5.89. The molecule has 0 spiro atoms. The van der Waals surface area contributed by atoms with Gasteiger partial charge in [0.05, 0.1) is 19.3 Å². The minimum atomic E-state index is -0.814. The fraction of sp³-hybridized carbons (Fsp3) is 0.250. The van der Waals surface area contributed by atoms with Gasteiger partial charge in [0, 0.05) is 6.92 Å². The van der Waals surface area contributed by atoms with E-state index in [1.54, 1.807) is 31.2 Å². The predicted molar refractivity (Wildman–Crippen MR) is 84.3 cm³/mol. The number of para-hydroxylation sites is 1. The molecule has 1 amide bonds. The van der Waals surface area contributed by atoms with E-state index in [1.165, 1.54) is 7.11 Å². The van der Waals surface area contributed by atoms with Gasteiger partial charge in [-0.25, -0.2) is 4.79 Å². The van der Waals surface area contributed by atoms with Gasteiger partial charge in [0.25, 0.3) is 5.88 Å². The lowest BCUT2D eigenvalue weighted by atomic mass is 10.1. The van der Waals surface area contributed by atoms with Gasteiger partial charge in [0.1, 0.15) is 5.75 Å². The van der Waals surface area contributed by atoms with Gasteiger partial charge in [-0.3, -0.25) is 10.1 Å². The van der Waals surface area contributed by atoms with Gasteiger partial charge in [-0.2, -0.15) is 0 Å². The van der Waals surface area contributed by atoms with E-state index in [0.717, 1.165) is 6.92 Å². The smallest absolute Gasteiger partial charge is 0.414 e. The van der Waals surface area contributed by atoms with E-state index >= 15 is 0 Å². The van der Waals surface area contributed by atoms with E-state index in [9.17, 15) is 14.7 Å². The van der Waals surface area contributed by atoms with Crippen molar-refractivity contribution >= 4 is 17.9 Å². The van der Waals surface area contributed by atoms with Gasteiger partial charge >= 0.3 is 12.1 Å². The molecule has 8 heteroatoms. The van der Waals surface area contributed by atoms with Gasteiger partial charge in [0.2, 0.25) is 11.5 Å². The van der Waals surface area contributed by atoms with Crippen molar-refractivity contribution in [1.82, 2.24) is 0 Å². The summed E-state index contributed by atoms with van der Waals surface area (Å²) in [5, 5.41) is 12.6. The minimum absolute atomic E-state index is 0.0181. The number of carbonyl (C=O) groups excluding carboxylic acids is 2. The maximum absolute atomic E-state index is 11.6. The molecule has 1 aromatic carbocycles. The van der Waals surface area contributed by atoms with Crippen LogP contribution in [-0.2, 0) is 9.53 Å². The molecule has 0 saturated heterocycles. The third-order valence-corrected chi connectivity index (χ3v) is 2.93. The summed E-state index contributed by atoms with van der Waals surface area (Å²) in [6.45, 7) is 2.93. The summed E-state index contributed by atoms with van der Waals surface area (Å²) in [5.41, 5.74) is 0.419. The maximum Gasteiger partial charge on any atom is 0.414 e. The molecule has 0 fully saturated rings. The molecule has 8 nitrogen and oxygen atoms in total. The molecule has 0 saturated carbocycles. The van der Waals surface area contributed by atoms with Crippen LogP contribution in [0.1, 0.15) is 13.8 Å². The second-order valence-electron chi connectivity index (χ2n) is 4.58. The molecule has 0 bridgehead atoms. The number of nitrogens with one attached hydrogen (secondary N) is 1. The van der Waals surface area contributed by atoms with Crippen molar-refractivity contribution < 1.29 is 33.3 Å². The molecule has 0 aliphatic rings. The number of esters is 1. The van der Waals surface area contributed by atoms with Crippen LogP contribution in [-0.4, -0.2) is 30.9 Å². The Morgan fingerprint density at radius 3 is 2.62 bits per heavy atom. The van der Waals surface area contributed by atoms with Gasteiger partial charge in [0.15, 0.2) is 5.76 Å². The summed E-state index contributed by atoms with van der Waals surface area (Å²) in [5.74, 6) is -1.28. The Labute approximate surface area is 137 Å². The quantitative estimate of drug-likeness (QED) is 0.808. The van der Waals surface area contributed by atoms with Gasteiger partial charge in [-0.15, -0.1) is 0 Å². The lowest BCUT2D eigenvalue weighted by Crippen LogP contribution is -2.14. The average molecular weight is 335 g/mol. The highest BCUT2D eigenvalue weighted by Crippen LogP contribution is 2.48. The molecule has 2 rings (SSSR count). The van der Waals surface area contributed by atoms with Crippen LogP contribution in [0.2, 0.25) is 0 Å². The molecular weight excluding hydrogens is 318 g/mol. The van der Waals surface area contributed by atoms with Crippen LogP contribution in [0.5, 0.6) is 17.2 Å². The van der Waals surface area contributed by atoms with Crippen molar-refractivity contribution in [1.29, 1.82) is 0 Å². The van der Waals surface area contributed by atoms with Crippen molar-refractivity contribution in [3.8, 4) is 28.6 Å². The van der Waals surface area contributed by atoms with E-state index in [4.69, 9.17) is 18.6 Å². The Morgan fingerprint density at radius 2 is 2.00 bits per heavy atom. The third kappa shape index (κ3) is 3.60. The molecule has 0 aliphatic carbocycles. The van der Waals surface area contributed by atoms with E-state index in [1.807, 2.05) is 0 Å². The number of hydrogen-bond acceptors (Lipinski definition) is 7. The van der Waals surface area contributed by atoms with E-state index < -0.39 is 17.8 Å². The first-order valence-corrected chi connectivity index (χ1v) is 7.09. The number of benzene rings is 1. The Hall–Kier alpha value is -3.16. The second kappa shape index (κ2) is 7.40. The predicted octanol–water partition coefficient (Wildman–Crippen LogP) is 3.15. The van der Waals surface area contributed by atoms with Gasteiger partial charge < -0.3 is 23.7 Å². The summed E-state index contributed by atoms with van der Waals surface area (Å²) >= 11 is 0. The SMILES string of the molecule is CCOC(=O)Nc1oc(-c2ccccc2OC)c(O)c1OC(C)=O. The highest BCUT2D eigenvalue weighted by atomic mass is 16.6. The summed E-state index contributed by atoms with van der Waals surface area (Å²) in [7, 11) is 1.46. The zero-order chi connectivity index (χ0) is 17.7. The molecular formula is C16H17NO7. The summed E-state index contributed by atoms with van der Waals surface area (Å²) < 4.78 is 20.4. The van der Waals surface area contributed by atoms with Gasteiger partial charge in [-0.05, 0) is 19.1 Å². The number of carbonyl (C=O) groups is 2.